The molecule has 0 aliphatic rings. The van der Waals surface area contributed by atoms with Crippen LogP contribution in [-0.2, 0) is 0 Å². The van der Waals surface area contributed by atoms with Crippen molar-refractivity contribution in [3.8, 4) is 5.75 Å². The summed E-state index contributed by atoms with van der Waals surface area (Å²) in [6.07, 6.45) is 3.62. The third kappa shape index (κ3) is 2.57. The number of pyridine rings is 1. The van der Waals surface area contributed by atoms with Crippen molar-refractivity contribution in [1.82, 2.24) is 4.98 Å². The Kier molecular flexibility index (Phi) is 3.52. The van der Waals surface area contributed by atoms with Crippen molar-refractivity contribution in [1.29, 1.82) is 0 Å². The van der Waals surface area contributed by atoms with Gasteiger partial charge in [0, 0.05) is 11.6 Å². The van der Waals surface area contributed by atoms with E-state index in [1.165, 1.54) is 0 Å². The maximum atomic E-state index is 5.96. The van der Waals surface area contributed by atoms with Gasteiger partial charge in [0.2, 0.25) is 0 Å². The first kappa shape index (κ1) is 13.5. The molecule has 0 aliphatic carbocycles. The Bertz CT molecular complexity index is 764. The van der Waals surface area contributed by atoms with Crippen molar-refractivity contribution in [3.05, 3.63) is 54.0 Å². The first-order valence-electron chi connectivity index (χ1n) is 6.92. The van der Waals surface area contributed by atoms with E-state index in [1.807, 2.05) is 36.5 Å². The quantitative estimate of drug-likeness (QED) is 0.774. The second kappa shape index (κ2) is 5.48. The van der Waals surface area contributed by atoms with Gasteiger partial charge in [-0.25, -0.2) is 0 Å². The van der Waals surface area contributed by atoms with Gasteiger partial charge in [-0.1, -0.05) is 12.1 Å². The van der Waals surface area contributed by atoms with Crippen LogP contribution in [0.4, 0.5) is 5.69 Å². The highest BCUT2D eigenvalue weighted by molar-refractivity contribution is 5.83. The SMILES string of the molecule is COc1cccc2cc(C(C)Nc3cnccc3C)oc12. The third-order valence-electron chi connectivity index (χ3n) is 3.58. The Morgan fingerprint density at radius 3 is 2.90 bits per heavy atom. The van der Waals surface area contributed by atoms with Crippen molar-refractivity contribution >= 4 is 16.7 Å². The summed E-state index contributed by atoms with van der Waals surface area (Å²) in [5, 5.41) is 4.47. The second-order valence-corrected chi connectivity index (χ2v) is 5.08. The Morgan fingerprint density at radius 2 is 2.14 bits per heavy atom. The number of anilines is 1. The zero-order chi connectivity index (χ0) is 14.8. The van der Waals surface area contributed by atoms with E-state index in [9.17, 15) is 0 Å². The molecule has 2 heterocycles. The highest BCUT2D eigenvalue weighted by Crippen LogP contribution is 2.32. The van der Waals surface area contributed by atoms with Crippen molar-refractivity contribution in [3.63, 3.8) is 0 Å². The maximum Gasteiger partial charge on any atom is 0.176 e. The lowest BCUT2D eigenvalue weighted by atomic mass is 10.2. The molecule has 1 unspecified atom stereocenters. The number of hydrogen-bond acceptors (Lipinski definition) is 4. The Balaban J connectivity index is 1.91. The van der Waals surface area contributed by atoms with Crippen LogP contribution in [0.5, 0.6) is 5.75 Å². The van der Waals surface area contributed by atoms with Crippen LogP contribution >= 0.6 is 0 Å². The minimum Gasteiger partial charge on any atom is -0.493 e. The van der Waals surface area contributed by atoms with Gasteiger partial charge < -0.3 is 14.5 Å². The molecule has 4 heteroatoms. The molecule has 3 aromatic rings. The average Bonchev–Trinajstić information content (AvgIpc) is 2.93. The molecule has 0 bridgehead atoms. The molecule has 0 saturated heterocycles. The molecule has 0 saturated carbocycles. The van der Waals surface area contributed by atoms with E-state index < -0.39 is 0 Å². The van der Waals surface area contributed by atoms with E-state index in [0.717, 1.165) is 33.7 Å². The average molecular weight is 282 g/mol. The van der Waals surface area contributed by atoms with Crippen LogP contribution in [0, 0.1) is 6.92 Å². The molecular formula is C17H18N2O2. The number of aromatic nitrogens is 1. The molecule has 0 fully saturated rings. The molecule has 21 heavy (non-hydrogen) atoms. The lowest BCUT2D eigenvalue weighted by molar-refractivity contribution is 0.406. The molecule has 3 rings (SSSR count). The van der Waals surface area contributed by atoms with Gasteiger partial charge in [0.25, 0.3) is 0 Å². The molecule has 0 amide bonds. The maximum absolute atomic E-state index is 5.96. The summed E-state index contributed by atoms with van der Waals surface area (Å²) in [7, 11) is 1.65. The van der Waals surface area contributed by atoms with Gasteiger partial charge in [-0.2, -0.15) is 0 Å². The van der Waals surface area contributed by atoms with Crippen LogP contribution in [0.25, 0.3) is 11.0 Å². The molecule has 4 nitrogen and oxygen atoms in total. The van der Waals surface area contributed by atoms with Crippen LogP contribution in [0.2, 0.25) is 0 Å². The first-order chi connectivity index (χ1) is 10.2. The molecule has 108 valence electrons. The summed E-state index contributed by atoms with van der Waals surface area (Å²) in [6.45, 7) is 4.12. The van der Waals surface area contributed by atoms with E-state index in [2.05, 4.69) is 24.1 Å². The molecule has 0 radical (unpaired) electrons. The minimum absolute atomic E-state index is 0.0463. The van der Waals surface area contributed by atoms with Gasteiger partial charge in [0.05, 0.1) is 25.0 Å². The lowest BCUT2D eigenvalue weighted by Crippen LogP contribution is -2.06. The number of nitrogens with zero attached hydrogens (tertiary/aromatic N) is 1. The predicted octanol–water partition coefficient (Wildman–Crippen LogP) is 4.32. The Morgan fingerprint density at radius 1 is 1.29 bits per heavy atom. The standard InChI is InChI=1S/C17H18N2O2/c1-11-7-8-18-10-14(11)19-12(2)16-9-13-5-4-6-15(20-3)17(13)21-16/h4-10,12,19H,1-3H3. The zero-order valence-electron chi connectivity index (χ0n) is 12.4. The van der Waals surface area contributed by atoms with Gasteiger partial charge >= 0.3 is 0 Å². The first-order valence-corrected chi connectivity index (χ1v) is 6.92. The molecule has 0 aliphatic heterocycles. The number of hydrogen-bond donors (Lipinski definition) is 1. The fourth-order valence-electron chi connectivity index (χ4n) is 2.35. The molecule has 0 spiro atoms. The monoisotopic (exact) mass is 282 g/mol. The molecule has 1 atom stereocenters. The molecule has 1 N–H and O–H groups in total. The largest absolute Gasteiger partial charge is 0.493 e. The van der Waals surface area contributed by atoms with Crippen LogP contribution in [0.3, 0.4) is 0 Å². The van der Waals surface area contributed by atoms with Crippen molar-refractivity contribution in [2.24, 2.45) is 0 Å². The lowest BCUT2D eigenvalue weighted by Gasteiger charge is -2.14. The van der Waals surface area contributed by atoms with E-state index in [4.69, 9.17) is 9.15 Å². The third-order valence-corrected chi connectivity index (χ3v) is 3.58. The number of benzene rings is 1. The van der Waals surface area contributed by atoms with E-state index in [-0.39, 0.29) is 6.04 Å². The van der Waals surface area contributed by atoms with Crippen LogP contribution < -0.4 is 10.1 Å². The number of aryl methyl sites for hydroxylation is 1. The fraction of sp³-hybridized carbons (Fsp3) is 0.235. The van der Waals surface area contributed by atoms with E-state index >= 15 is 0 Å². The normalized spacial score (nSPS) is 12.3. The Labute approximate surface area is 123 Å². The predicted molar refractivity (Wildman–Crippen MR) is 83.8 cm³/mol. The summed E-state index contributed by atoms with van der Waals surface area (Å²) >= 11 is 0. The molecule has 2 aromatic heterocycles. The van der Waals surface area contributed by atoms with Crippen molar-refractivity contribution in [2.75, 3.05) is 12.4 Å². The number of furan rings is 1. The number of methoxy groups -OCH3 is 1. The van der Waals surface area contributed by atoms with E-state index in [1.54, 1.807) is 13.3 Å². The zero-order valence-corrected chi connectivity index (χ0v) is 12.4. The number of nitrogens with one attached hydrogen (secondary N) is 1. The number of ether oxygens (including phenoxy) is 1. The molecular weight excluding hydrogens is 264 g/mol. The van der Waals surface area contributed by atoms with Crippen LogP contribution in [0.15, 0.2) is 47.1 Å². The van der Waals surface area contributed by atoms with Crippen molar-refractivity contribution < 1.29 is 9.15 Å². The van der Waals surface area contributed by atoms with Gasteiger partial charge in [0.15, 0.2) is 11.3 Å². The summed E-state index contributed by atoms with van der Waals surface area (Å²) in [4.78, 5) is 4.15. The summed E-state index contributed by atoms with van der Waals surface area (Å²) in [5.41, 5.74) is 2.95. The number of para-hydroxylation sites is 1. The highest BCUT2D eigenvalue weighted by atomic mass is 16.5. The summed E-state index contributed by atoms with van der Waals surface area (Å²) in [6, 6.07) is 9.96. The van der Waals surface area contributed by atoms with E-state index in [0.29, 0.717) is 0 Å². The topological polar surface area (TPSA) is 47.3 Å². The van der Waals surface area contributed by atoms with Gasteiger partial charge in [-0.3, -0.25) is 4.98 Å². The Hall–Kier alpha value is -2.49. The number of rotatable bonds is 4. The second-order valence-electron chi connectivity index (χ2n) is 5.08. The van der Waals surface area contributed by atoms with Gasteiger partial charge in [0.1, 0.15) is 5.76 Å². The smallest absolute Gasteiger partial charge is 0.176 e. The van der Waals surface area contributed by atoms with Gasteiger partial charge in [-0.05, 0) is 37.6 Å². The van der Waals surface area contributed by atoms with Crippen LogP contribution in [-0.4, -0.2) is 12.1 Å². The van der Waals surface area contributed by atoms with Crippen LogP contribution in [0.1, 0.15) is 24.3 Å². The number of fused-ring (bicyclic) bond motifs is 1. The minimum atomic E-state index is 0.0463. The summed E-state index contributed by atoms with van der Waals surface area (Å²) in [5.74, 6) is 1.63. The van der Waals surface area contributed by atoms with Crippen molar-refractivity contribution in [2.45, 2.75) is 19.9 Å². The molecule has 1 aromatic carbocycles. The highest BCUT2D eigenvalue weighted by Gasteiger charge is 2.14. The van der Waals surface area contributed by atoms with Gasteiger partial charge in [-0.15, -0.1) is 0 Å². The fourth-order valence-corrected chi connectivity index (χ4v) is 2.35. The summed E-state index contributed by atoms with van der Waals surface area (Å²) < 4.78 is 11.3.